The number of amides is 3. The first-order valence-electron chi connectivity index (χ1n) is 8.08. The number of anilines is 2. The van der Waals surface area contributed by atoms with Gasteiger partial charge in [0.25, 0.3) is 5.91 Å². The van der Waals surface area contributed by atoms with Crippen LogP contribution >= 0.6 is 11.3 Å². The van der Waals surface area contributed by atoms with Gasteiger partial charge in [-0.3, -0.25) is 10.1 Å². The number of nitrogens with zero attached hydrogens (tertiary/aromatic N) is 1. The third-order valence-electron chi connectivity index (χ3n) is 3.77. The SMILES string of the molecule is CCc1ccc(-c2csc(NC(=O)c3cccc(NC(N)=O)c3)n2)cc1. The second-order valence-electron chi connectivity index (χ2n) is 5.61. The van der Waals surface area contributed by atoms with E-state index in [1.165, 1.54) is 16.9 Å². The van der Waals surface area contributed by atoms with Crippen molar-refractivity contribution in [1.82, 2.24) is 4.98 Å². The average Bonchev–Trinajstić information content (AvgIpc) is 3.10. The van der Waals surface area contributed by atoms with Crippen molar-refractivity contribution in [3.05, 3.63) is 65.0 Å². The predicted octanol–water partition coefficient (Wildman–Crippen LogP) is 4.12. The number of thiazole rings is 1. The third kappa shape index (κ3) is 4.25. The van der Waals surface area contributed by atoms with Crippen LogP contribution in [0.25, 0.3) is 11.3 Å². The minimum atomic E-state index is -0.679. The van der Waals surface area contributed by atoms with Gasteiger partial charge in [-0.1, -0.05) is 37.3 Å². The molecule has 26 heavy (non-hydrogen) atoms. The molecule has 0 saturated heterocycles. The Bertz CT molecular complexity index is 935. The molecule has 7 heteroatoms. The minimum Gasteiger partial charge on any atom is -0.351 e. The Morgan fingerprint density at radius 1 is 1.12 bits per heavy atom. The van der Waals surface area contributed by atoms with Crippen molar-refractivity contribution in [1.29, 1.82) is 0 Å². The van der Waals surface area contributed by atoms with Gasteiger partial charge in [0, 0.05) is 22.2 Å². The molecule has 0 fully saturated rings. The van der Waals surface area contributed by atoms with Crippen molar-refractivity contribution >= 4 is 34.1 Å². The number of nitrogens with two attached hydrogens (primary N) is 1. The first-order valence-corrected chi connectivity index (χ1v) is 8.96. The van der Waals surface area contributed by atoms with Crippen molar-refractivity contribution in [2.45, 2.75) is 13.3 Å². The predicted molar refractivity (Wildman–Crippen MR) is 105 cm³/mol. The zero-order valence-corrected chi connectivity index (χ0v) is 15.0. The van der Waals surface area contributed by atoms with E-state index in [1.54, 1.807) is 24.3 Å². The fraction of sp³-hybridized carbons (Fsp3) is 0.105. The first-order chi connectivity index (χ1) is 12.5. The molecular weight excluding hydrogens is 348 g/mol. The lowest BCUT2D eigenvalue weighted by Crippen LogP contribution is -2.19. The normalized spacial score (nSPS) is 10.3. The maximum atomic E-state index is 12.4. The highest BCUT2D eigenvalue weighted by Crippen LogP contribution is 2.25. The molecule has 0 radical (unpaired) electrons. The van der Waals surface area contributed by atoms with Gasteiger partial charge in [-0.15, -0.1) is 11.3 Å². The summed E-state index contributed by atoms with van der Waals surface area (Å²) in [7, 11) is 0. The zero-order chi connectivity index (χ0) is 18.5. The smallest absolute Gasteiger partial charge is 0.316 e. The molecule has 1 aromatic heterocycles. The number of aryl methyl sites for hydroxylation is 1. The molecule has 1 heterocycles. The van der Waals surface area contributed by atoms with Gasteiger partial charge in [0.2, 0.25) is 0 Å². The molecule has 6 nitrogen and oxygen atoms in total. The molecular formula is C19H18N4O2S. The number of nitrogens with one attached hydrogen (secondary N) is 2. The highest BCUT2D eigenvalue weighted by Gasteiger charge is 2.11. The lowest BCUT2D eigenvalue weighted by atomic mass is 10.1. The Balaban J connectivity index is 1.72. The number of hydrogen-bond donors (Lipinski definition) is 3. The lowest BCUT2D eigenvalue weighted by molar-refractivity contribution is 0.102. The van der Waals surface area contributed by atoms with Crippen molar-refractivity contribution < 1.29 is 9.59 Å². The number of hydrogen-bond acceptors (Lipinski definition) is 4. The van der Waals surface area contributed by atoms with Gasteiger partial charge in [-0.25, -0.2) is 9.78 Å². The van der Waals surface area contributed by atoms with Gasteiger partial charge in [0.05, 0.1) is 5.69 Å². The first kappa shape index (κ1) is 17.6. The van der Waals surface area contributed by atoms with E-state index >= 15 is 0 Å². The van der Waals surface area contributed by atoms with Crippen LogP contribution in [-0.4, -0.2) is 16.9 Å². The van der Waals surface area contributed by atoms with Gasteiger partial charge in [-0.2, -0.15) is 0 Å². The van der Waals surface area contributed by atoms with Crippen LogP contribution in [-0.2, 0) is 6.42 Å². The molecule has 0 aliphatic rings. The topological polar surface area (TPSA) is 97.1 Å². The van der Waals surface area contributed by atoms with E-state index in [0.29, 0.717) is 16.4 Å². The highest BCUT2D eigenvalue weighted by atomic mass is 32.1. The van der Waals surface area contributed by atoms with E-state index in [2.05, 4.69) is 34.7 Å². The summed E-state index contributed by atoms with van der Waals surface area (Å²) in [6.07, 6.45) is 0.988. The number of benzene rings is 2. The molecule has 0 bridgehead atoms. The van der Waals surface area contributed by atoms with Crippen LogP contribution in [0.2, 0.25) is 0 Å². The van der Waals surface area contributed by atoms with E-state index in [0.717, 1.165) is 17.7 Å². The van der Waals surface area contributed by atoms with E-state index < -0.39 is 6.03 Å². The number of rotatable bonds is 5. The Labute approximate surface area is 155 Å². The highest BCUT2D eigenvalue weighted by molar-refractivity contribution is 7.14. The van der Waals surface area contributed by atoms with Crippen LogP contribution in [0.5, 0.6) is 0 Å². The fourth-order valence-corrected chi connectivity index (χ4v) is 3.14. The third-order valence-corrected chi connectivity index (χ3v) is 4.53. The maximum Gasteiger partial charge on any atom is 0.316 e. The van der Waals surface area contributed by atoms with Gasteiger partial charge < -0.3 is 11.1 Å². The summed E-state index contributed by atoms with van der Waals surface area (Å²) >= 11 is 1.36. The summed E-state index contributed by atoms with van der Waals surface area (Å²) in [5, 5.41) is 7.64. The second kappa shape index (κ2) is 7.79. The quantitative estimate of drug-likeness (QED) is 0.634. The Hall–Kier alpha value is -3.19. The van der Waals surface area contributed by atoms with Crippen LogP contribution in [0, 0.1) is 0 Å². The maximum absolute atomic E-state index is 12.4. The molecule has 3 aromatic rings. The van der Waals surface area contributed by atoms with Gasteiger partial charge in [-0.05, 0) is 30.2 Å². The monoisotopic (exact) mass is 366 g/mol. The summed E-state index contributed by atoms with van der Waals surface area (Å²) in [6, 6.07) is 14.1. The van der Waals surface area contributed by atoms with E-state index in [9.17, 15) is 9.59 Å². The van der Waals surface area contributed by atoms with Crippen molar-refractivity contribution in [2.24, 2.45) is 5.73 Å². The second-order valence-corrected chi connectivity index (χ2v) is 6.47. The van der Waals surface area contributed by atoms with Crippen LogP contribution in [0.4, 0.5) is 15.6 Å². The minimum absolute atomic E-state index is 0.305. The molecule has 4 N–H and O–H groups in total. The largest absolute Gasteiger partial charge is 0.351 e. The zero-order valence-electron chi connectivity index (χ0n) is 14.2. The van der Waals surface area contributed by atoms with Crippen molar-refractivity contribution in [3.63, 3.8) is 0 Å². The number of aromatic nitrogens is 1. The Morgan fingerprint density at radius 3 is 2.58 bits per heavy atom. The molecule has 0 aliphatic carbocycles. The fourth-order valence-electron chi connectivity index (χ4n) is 2.42. The standard InChI is InChI=1S/C19H18N4O2S/c1-2-12-6-8-13(9-7-12)16-11-26-19(22-16)23-17(24)14-4-3-5-15(10-14)21-18(20)25/h3-11H,2H2,1H3,(H3,20,21,25)(H,22,23,24). The summed E-state index contributed by atoms with van der Waals surface area (Å²) in [4.78, 5) is 27.8. The molecule has 0 atom stereocenters. The summed E-state index contributed by atoms with van der Waals surface area (Å²) in [5.41, 5.74) is 9.04. The summed E-state index contributed by atoms with van der Waals surface area (Å²) < 4.78 is 0. The van der Waals surface area contributed by atoms with Crippen LogP contribution in [0.1, 0.15) is 22.8 Å². The molecule has 132 valence electrons. The van der Waals surface area contributed by atoms with Crippen molar-refractivity contribution in [2.75, 3.05) is 10.6 Å². The average molecular weight is 366 g/mol. The van der Waals surface area contributed by atoms with Gasteiger partial charge >= 0.3 is 6.03 Å². The Morgan fingerprint density at radius 2 is 1.88 bits per heavy atom. The molecule has 0 saturated carbocycles. The van der Waals surface area contributed by atoms with Gasteiger partial charge in [0.15, 0.2) is 5.13 Å². The van der Waals surface area contributed by atoms with E-state index in [-0.39, 0.29) is 5.91 Å². The van der Waals surface area contributed by atoms with Crippen LogP contribution in [0.15, 0.2) is 53.9 Å². The molecule has 2 aromatic carbocycles. The number of primary amides is 1. The molecule has 3 rings (SSSR count). The summed E-state index contributed by atoms with van der Waals surface area (Å²) in [5.74, 6) is -0.305. The molecule has 0 unspecified atom stereocenters. The van der Waals surface area contributed by atoms with Crippen LogP contribution < -0.4 is 16.4 Å². The molecule has 0 spiro atoms. The number of urea groups is 1. The Kier molecular flexibility index (Phi) is 5.28. The van der Waals surface area contributed by atoms with Gasteiger partial charge in [0.1, 0.15) is 0 Å². The summed E-state index contributed by atoms with van der Waals surface area (Å²) in [6.45, 7) is 2.11. The molecule has 3 amide bonds. The van der Waals surface area contributed by atoms with E-state index in [1.807, 2.05) is 17.5 Å². The van der Waals surface area contributed by atoms with Crippen molar-refractivity contribution in [3.8, 4) is 11.3 Å². The van der Waals surface area contributed by atoms with E-state index in [4.69, 9.17) is 5.73 Å². The van der Waals surface area contributed by atoms with Crippen LogP contribution in [0.3, 0.4) is 0 Å². The lowest BCUT2D eigenvalue weighted by Gasteiger charge is -2.05. The number of carbonyl (C=O) groups is 2. The molecule has 0 aliphatic heterocycles. The number of carbonyl (C=O) groups excluding carboxylic acids is 2.